The fourth-order valence-electron chi connectivity index (χ4n) is 6.10. The van der Waals surface area contributed by atoms with E-state index in [4.69, 9.17) is 23.9 Å². The molecule has 0 aliphatic carbocycles. The van der Waals surface area contributed by atoms with E-state index < -0.39 is 0 Å². The average Bonchev–Trinajstić information content (AvgIpc) is 3.82. The van der Waals surface area contributed by atoms with Crippen LogP contribution in [-0.4, -0.2) is 28.0 Å². The van der Waals surface area contributed by atoms with Crippen LogP contribution in [0.4, 0.5) is 0 Å². The van der Waals surface area contributed by atoms with Gasteiger partial charge in [0.25, 0.3) is 0 Å². The molecule has 7 rings (SSSR count). The topological polar surface area (TPSA) is 58.0 Å². The van der Waals surface area contributed by atoms with E-state index in [1.54, 1.807) is 0 Å². The highest BCUT2D eigenvalue weighted by molar-refractivity contribution is 5.69. The highest BCUT2D eigenvalue weighted by atomic mass is 16.7. The second kappa shape index (κ2) is 12.5. The quantitative estimate of drug-likeness (QED) is 0.155. The summed E-state index contributed by atoms with van der Waals surface area (Å²) in [6, 6.07) is 33.6. The van der Waals surface area contributed by atoms with Crippen LogP contribution in [0.3, 0.4) is 0 Å². The lowest BCUT2D eigenvalue weighted by Crippen LogP contribution is -2.28. The van der Waals surface area contributed by atoms with E-state index in [-0.39, 0.29) is 19.6 Å². The van der Waals surface area contributed by atoms with Gasteiger partial charge in [0.1, 0.15) is 5.82 Å². The van der Waals surface area contributed by atoms with Gasteiger partial charge in [-0.05, 0) is 48.7 Å². The summed E-state index contributed by atoms with van der Waals surface area (Å²) in [4.78, 5) is 7.89. The lowest BCUT2D eigenvalue weighted by atomic mass is 10.0. The van der Waals surface area contributed by atoms with Crippen LogP contribution in [0.1, 0.15) is 49.6 Å². The molecule has 0 N–H and O–H groups in total. The van der Waals surface area contributed by atoms with Crippen molar-refractivity contribution >= 4 is 0 Å². The maximum absolute atomic E-state index is 5.74. The zero-order valence-electron chi connectivity index (χ0n) is 25.2. The fourth-order valence-corrected chi connectivity index (χ4v) is 6.10. The molecule has 2 aliphatic heterocycles. The van der Waals surface area contributed by atoms with Crippen LogP contribution < -0.4 is 18.9 Å². The molecule has 44 heavy (non-hydrogen) atoms. The first-order chi connectivity index (χ1) is 21.7. The smallest absolute Gasteiger partial charge is 0.231 e. The van der Waals surface area contributed by atoms with Crippen LogP contribution in [0.25, 0.3) is 22.6 Å². The second-order valence-electron chi connectivity index (χ2n) is 11.4. The Morgan fingerprint density at radius 2 is 1.25 bits per heavy atom. The molecule has 224 valence electrons. The Labute approximate surface area is 258 Å². The van der Waals surface area contributed by atoms with Gasteiger partial charge in [-0.1, -0.05) is 86.1 Å². The Kier molecular flexibility index (Phi) is 7.95. The molecule has 2 aliphatic rings. The van der Waals surface area contributed by atoms with Gasteiger partial charge in [0.15, 0.2) is 23.0 Å². The molecule has 1 unspecified atom stereocenters. The van der Waals surface area contributed by atoms with Crippen molar-refractivity contribution in [1.82, 2.24) is 14.5 Å². The first-order valence-electron chi connectivity index (χ1n) is 15.4. The average molecular weight is 588 g/mol. The molecule has 0 amide bonds. The SMILES string of the molecule is CCCCn1c(-c2ccccc2)nc(-c2ccccc2)c1C(C)N(Cc1ccc2c(c1)OCO2)Cc1ccc2c(c1)OCO2. The van der Waals surface area contributed by atoms with Crippen LogP contribution in [0, 0.1) is 0 Å². The number of unbranched alkanes of at least 4 members (excludes halogenated alkanes) is 1. The Balaban J connectivity index is 1.35. The number of imidazole rings is 1. The molecule has 7 heteroatoms. The molecule has 0 fully saturated rings. The van der Waals surface area contributed by atoms with Crippen molar-refractivity contribution < 1.29 is 18.9 Å². The fraction of sp³-hybridized carbons (Fsp3) is 0.270. The Morgan fingerprint density at radius 1 is 0.705 bits per heavy atom. The normalized spacial score (nSPS) is 13.9. The Hall–Kier alpha value is -4.75. The van der Waals surface area contributed by atoms with Gasteiger partial charge < -0.3 is 23.5 Å². The van der Waals surface area contributed by atoms with Gasteiger partial charge >= 0.3 is 0 Å². The van der Waals surface area contributed by atoms with Gasteiger partial charge in [-0.2, -0.15) is 0 Å². The van der Waals surface area contributed by atoms with Crippen molar-refractivity contribution in [2.75, 3.05) is 13.6 Å². The number of benzene rings is 4. The third-order valence-electron chi connectivity index (χ3n) is 8.41. The molecule has 0 spiro atoms. The van der Waals surface area contributed by atoms with Crippen LogP contribution in [0.5, 0.6) is 23.0 Å². The number of rotatable bonds is 11. The summed E-state index contributed by atoms with van der Waals surface area (Å²) >= 11 is 0. The number of hydrogen-bond donors (Lipinski definition) is 0. The van der Waals surface area contributed by atoms with Crippen molar-refractivity contribution in [3.8, 4) is 45.6 Å². The van der Waals surface area contributed by atoms with Gasteiger partial charge in [-0.15, -0.1) is 0 Å². The molecule has 0 bridgehead atoms. The van der Waals surface area contributed by atoms with Crippen LogP contribution in [0.15, 0.2) is 97.1 Å². The third-order valence-corrected chi connectivity index (χ3v) is 8.41. The Morgan fingerprint density at radius 3 is 1.82 bits per heavy atom. The molecule has 3 heterocycles. The predicted octanol–water partition coefficient (Wildman–Crippen LogP) is 8.24. The molecule has 0 radical (unpaired) electrons. The molecule has 1 atom stereocenters. The number of nitrogens with zero attached hydrogens (tertiary/aromatic N) is 3. The molecule has 5 aromatic rings. The summed E-state index contributed by atoms with van der Waals surface area (Å²) in [5, 5.41) is 0. The first-order valence-corrected chi connectivity index (χ1v) is 15.4. The summed E-state index contributed by atoms with van der Waals surface area (Å²) in [6.45, 7) is 7.37. The van der Waals surface area contributed by atoms with E-state index in [1.807, 2.05) is 12.1 Å². The highest BCUT2D eigenvalue weighted by Crippen LogP contribution is 2.39. The van der Waals surface area contributed by atoms with Gasteiger partial charge in [0.2, 0.25) is 13.6 Å². The van der Waals surface area contributed by atoms with Crippen LogP contribution in [0.2, 0.25) is 0 Å². The predicted molar refractivity (Wildman–Crippen MR) is 171 cm³/mol. The molecule has 7 nitrogen and oxygen atoms in total. The van der Waals surface area contributed by atoms with E-state index in [0.29, 0.717) is 13.1 Å². The van der Waals surface area contributed by atoms with Crippen molar-refractivity contribution in [1.29, 1.82) is 0 Å². The Bertz CT molecular complexity index is 1680. The van der Waals surface area contributed by atoms with E-state index in [9.17, 15) is 0 Å². The van der Waals surface area contributed by atoms with Gasteiger partial charge in [-0.25, -0.2) is 4.98 Å². The summed E-state index contributed by atoms with van der Waals surface area (Å²) < 4.78 is 25.1. The summed E-state index contributed by atoms with van der Waals surface area (Å²) in [5.74, 6) is 4.18. The minimum Gasteiger partial charge on any atom is -0.454 e. The first kappa shape index (κ1) is 28.0. The van der Waals surface area contributed by atoms with Crippen molar-refractivity contribution in [3.05, 3.63) is 114 Å². The summed E-state index contributed by atoms with van der Waals surface area (Å²) in [7, 11) is 0. The lowest BCUT2D eigenvalue weighted by Gasteiger charge is -2.31. The molecule has 4 aromatic carbocycles. The lowest BCUT2D eigenvalue weighted by molar-refractivity contribution is 0.173. The molecule has 0 saturated carbocycles. The third kappa shape index (κ3) is 5.63. The zero-order chi connectivity index (χ0) is 29.9. The number of fused-ring (bicyclic) bond motifs is 2. The largest absolute Gasteiger partial charge is 0.454 e. The monoisotopic (exact) mass is 587 g/mol. The number of hydrogen-bond acceptors (Lipinski definition) is 6. The van der Waals surface area contributed by atoms with E-state index in [2.05, 4.69) is 108 Å². The van der Waals surface area contributed by atoms with E-state index >= 15 is 0 Å². The highest BCUT2D eigenvalue weighted by Gasteiger charge is 2.29. The number of aromatic nitrogens is 2. The van der Waals surface area contributed by atoms with Crippen molar-refractivity contribution in [2.24, 2.45) is 0 Å². The maximum atomic E-state index is 5.74. The minimum absolute atomic E-state index is 0.0165. The van der Waals surface area contributed by atoms with Gasteiger partial charge in [0.05, 0.1) is 17.4 Å². The van der Waals surface area contributed by atoms with Gasteiger partial charge in [-0.3, -0.25) is 4.90 Å². The minimum atomic E-state index is 0.0165. The zero-order valence-corrected chi connectivity index (χ0v) is 25.2. The summed E-state index contributed by atoms with van der Waals surface area (Å²) in [6.07, 6.45) is 2.16. The molecular weight excluding hydrogens is 550 g/mol. The molecule has 0 saturated heterocycles. The van der Waals surface area contributed by atoms with Crippen LogP contribution in [-0.2, 0) is 19.6 Å². The molecular formula is C37H37N3O4. The second-order valence-corrected chi connectivity index (χ2v) is 11.4. The van der Waals surface area contributed by atoms with Crippen molar-refractivity contribution in [2.45, 2.75) is 52.4 Å². The standard InChI is InChI=1S/C37H37N3O4/c1-3-4-19-40-36(35(29-11-7-5-8-12-29)38-37(40)30-13-9-6-10-14-30)26(2)39(22-27-15-17-31-33(20-27)43-24-41-31)23-28-16-18-32-34(21-28)44-25-42-32/h5-18,20-21,26H,3-4,19,22-25H2,1-2H3. The summed E-state index contributed by atoms with van der Waals surface area (Å²) in [5.41, 5.74) is 6.79. The maximum Gasteiger partial charge on any atom is 0.231 e. The van der Waals surface area contributed by atoms with Crippen molar-refractivity contribution in [3.63, 3.8) is 0 Å². The van der Waals surface area contributed by atoms with E-state index in [0.717, 1.165) is 76.2 Å². The molecule has 1 aromatic heterocycles. The van der Waals surface area contributed by atoms with Gasteiger partial charge in [0, 0.05) is 30.8 Å². The number of ether oxygens (including phenoxy) is 4. The van der Waals surface area contributed by atoms with Crippen LogP contribution >= 0.6 is 0 Å². The van der Waals surface area contributed by atoms with E-state index in [1.165, 1.54) is 5.69 Å².